The van der Waals surface area contributed by atoms with E-state index in [4.69, 9.17) is 14.2 Å². The van der Waals surface area contributed by atoms with E-state index in [1.165, 1.54) is 32.3 Å². The molecular weight excluding hydrogens is 348 g/mol. The van der Waals surface area contributed by atoms with Gasteiger partial charge in [0.25, 0.3) is 0 Å². The zero-order valence-corrected chi connectivity index (χ0v) is 15.5. The number of ether oxygens (including phenoxy) is 3. The number of phenols is 1. The lowest BCUT2D eigenvalue weighted by Gasteiger charge is -2.11. The minimum absolute atomic E-state index is 0.00630. The van der Waals surface area contributed by atoms with E-state index in [0.717, 1.165) is 0 Å². The minimum atomic E-state index is -0.922. The molecule has 0 saturated heterocycles. The molecule has 0 aliphatic rings. The first-order chi connectivity index (χ1) is 12.9. The third kappa shape index (κ3) is 5.60. The molecule has 0 unspecified atom stereocenters. The number of benzene rings is 2. The number of carbonyl (C=O) groups excluding carboxylic acids is 2. The Morgan fingerprint density at radius 1 is 1.15 bits per heavy atom. The number of phenolic OH excluding ortho intramolecular Hbond substituents is 1. The van der Waals surface area contributed by atoms with Gasteiger partial charge in [0.15, 0.2) is 17.6 Å². The number of rotatable bonds is 8. The van der Waals surface area contributed by atoms with Crippen molar-refractivity contribution in [1.82, 2.24) is 0 Å². The van der Waals surface area contributed by atoms with Crippen molar-refractivity contribution in [2.75, 3.05) is 13.7 Å². The van der Waals surface area contributed by atoms with Crippen LogP contribution in [-0.2, 0) is 9.53 Å². The van der Waals surface area contributed by atoms with Crippen LogP contribution in [0.15, 0.2) is 48.5 Å². The van der Waals surface area contributed by atoms with Crippen molar-refractivity contribution in [1.29, 1.82) is 0 Å². The predicted octanol–water partition coefficient (Wildman–Crippen LogP) is 3.63. The number of ketones is 1. The van der Waals surface area contributed by atoms with Crippen molar-refractivity contribution in [2.24, 2.45) is 0 Å². The Kier molecular flexibility index (Phi) is 7.00. The van der Waals surface area contributed by atoms with Gasteiger partial charge in [0.2, 0.25) is 5.78 Å². The second-order valence-electron chi connectivity index (χ2n) is 5.67. The highest BCUT2D eigenvalue weighted by Crippen LogP contribution is 2.26. The summed E-state index contributed by atoms with van der Waals surface area (Å²) < 4.78 is 15.5. The smallest absolute Gasteiger partial charge is 0.331 e. The van der Waals surface area contributed by atoms with E-state index in [9.17, 15) is 14.7 Å². The number of esters is 1. The molecule has 2 aromatic rings. The van der Waals surface area contributed by atoms with Crippen molar-refractivity contribution in [3.8, 4) is 17.2 Å². The van der Waals surface area contributed by atoms with E-state index >= 15 is 0 Å². The monoisotopic (exact) mass is 370 g/mol. The summed E-state index contributed by atoms with van der Waals surface area (Å²) in [5.41, 5.74) is 1.08. The maximum atomic E-state index is 12.4. The Morgan fingerprint density at radius 2 is 1.85 bits per heavy atom. The fourth-order valence-corrected chi connectivity index (χ4v) is 2.35. The highest BCUT2D eigenvalue weighted by molar-refractivity contribution is 6.01. The molecule has 27 heavy (non-hydrogen) atoms. The molecule has 1 N–H and O–H groups in total. The average molecular weight is 370 g/mol. The molecule has 0 saturated carbocycles. The van der Waals surface area contributed by atoms with Gasteiger partial charge in [-0.15, -0.1) is 0 Å². The number of hydrogen-bond acceptors (Lipinski definition) is 6. The highest BCUT2D eigenvalue weighted by Gasteiger charge is 2.18. The third-order valence-corrected chi connectivity index (χ3v) is 3.73. The number of aromatic hydroxyl groups is 1. The van der Waals surface area contributed by atoms with Crippen LogP contribution in [0.5, 0.6) is 17.2 Å². The van der Waals surface area contributed by atoms with Crippen molar-refractivity contribution in [2.45, 2.75) is 20.0 Å². The Morgan fingerprint density at radius 3 is 2.48 bits per heavy atom. The molecule has 0 heterocycles. The molecule has 0 bridgehead atoms. The van der Waals surface area contributed by atoms with Gasteiger partial charge in [-0.05, 0) is 61.9 Å². The van der Waals surface area contributed by atoms with Crippen LogP contribution in [0.4, 0.5) is 0 Å². The number of hydrogen-bond donors (Lipinski definition) is 1. The van der Waals surface area contributed by atoms with Crippen molar-refractivity contribution in [3.63, 3.8) is 0 Å². The normalized spacial score (nSPS) is 11.8. The molecule has 0 aromatic heterocycles. The average Bonchev–Trinajstić information content (AvgIpc) is 2.67. The molecular formula is C21H22O6. The molecule has 2 rings (SSSR count). The first-order valence-electron chi connectivity index (χ1n) is 8.47. The summed E-state index contributed by atoms with van der Waals surface area (Å²) in [6.45, 7) is 3.94. The first kappa shape index (κ1) is 20.0. The molecule has 6 nitrogen and oxygen atoms in total. The van der Waals surface area contributed by atoms with Crippen LogP contribution < -0.4 is 9.47 Å². The molecule has 2 aromatic carbocycles. The lowest BCUT2D eigenvalue weighted by atomic mass is 10.1. The zero-order chi connectivity index (χ0) is 19.8. The molecule has 6 heteroatoms. The summed E-state index contributed by atoms with van der Waals surface area (Å²) >= 11 is 0. The van der Waals surface area contributed by atoms with Gasteiger partial charge in [0, 0.05) is 11.6 Å². The van der Waals surface area contributed by atoms with Crippen LogP contribution in [0.1, 0.15) is 29.8 Å². The highest BCUT2D eigenvalue weighted by atomic mass is 16.5. The van der Waals surface area contributed by atoms with E-state index < -0.39 is 12.1 Å². The van der Waals surface area contributed by atoms with E-state index in [1.807, 2.05) is 6.92 Å². The predicted molar refractivity (Wildman–Crippen MR) is 101 cm³/mol. The van der Waals surface area contributed by atoms with Gasteiger partial charge in [0.05, 0.1) is 13.7 Å². The van der Waals surface area contributed by atoms with Crippen LogP contribution in [-0.4, -0.2) is 36.7 Å². The van der Waals surface area contributed by atoms with Gasteiger partial charge in [-0.1, -0.05) is 6.07 Å². The van der Waals surface area contributed by atoms with E-state index in [-0.39, 0.29) is 11.5 Å². The summed E-state index contributed by atoms with van der Waals surface area (Å²) in [4.78, 5) is 24.3. The van der Waals surface area contributed by atoms with Crippen molar-refractivity contribution in [3.05, 3.63) is 59.7 Å². The van der Waals surface area contributed by atoms with E-state index in [2.05, 4.69) is 0 Å². The van der Waals surface area contributed by atoms with Gasteiger partial charge in [-0.25, -0.2) is 4.79 Å². The number of carbonyl (C=O) groups is 2. The van der Waals surface area contributed by atoms with Crippen LogP contribution in [0.3, 0.4) is 0 Å². The van der Waals surface area contributed by atoms with Crippen LogP contribution in [0.2, 0.25) is 0 Å². The summed E-state index contributed by atoms with van der Waals surface area (Å²) in [6, 6.07) is 11.3. The first-order valence-corrected chi connectivity index (χ1v) is 8.47. The largest absolute Gasteiger partial charge is 0.504 e. The second kappa shape index (κ2) is 9.43. The molecule has 0 radical (unpaired) electrons. The maximum absolute atomic E-state index is 12.4. The topological polar surface area (TPSA) is 82.1 Å². The van der Waals surface area contributed by atoms with Crippen LogP contribution in [0.25, 0.3) is 6.08 Å². The number of methoxy groups -OCH3 is 1. The number of Topliss-reactive ketones (excluding diaryl/α,β-unsaturated/α-hetero) is 1. The van der Waals surface area contributed by atoms with Gasteiger partial charge in [-0.2, -0.15) is 0 Å². The van der Waals surface area contributed by atoms with E-state index in [1.54, 1.807) is 36.4 Å². The Bertz CT molecular complexity index is 823. The zero-order valence-electron chi connectivity index (χ0n) is 15.5. The molecule has 0 aliphatic carbocycles. The van der Waals surface area contributed by atoms with Crippen LogP contribution >= 0.6 is 0 Å². The third-order valence-electron chi connectivity index (χ3n) is 3.73. The molecule has 1 atom stereocenters. The maximum Gasteiger partial charge on any atom is 0.331 e. The van der Waals surface area contributed by atoms with Gasteiger partial charge >= 0.3 is 5.97 Å². The summed E-state index contributed by atoms with van der Waals surface area (Å²) in [6.07, 6.45) is 1.81. The van der Waals surface area contributed by atoms with Gasteiger partial charge < -0.3 is 19.3 Å². The molecule has 0 aliphatic heterocycles. The minimum Gasteiger partial charge on any atom is -0.504 e. The summed E-state index contributed by atoms with van der Waals surface area (Å²) in [5, 5.41) is 9.56. The lowest BCUT2D eigenvalue weighted by Crippen LogP contribution is -2.23. The Hall–Kier alpha value is -3.28. The molecule has 0 amide bonds. The molecule has 142 valence electrons. The standard InChI is InChI=1S/C21H22O6/c1-4-26-17-9-7-16(8-10-17)21(24)14(2)27-20(23)12-6-15-5-11-18(22)19(13-15)25-3/h5-14,22H,4H2,1-3H3/b12-6+/t14-/m0/s1. The van der Waals surface area contributed by atoms with Gasteiger partial charge in [-0.3, -0.25) is 4.79 Å². The summed E-state index contributed by atoms with van der Waals surface area (Å²) in [5.74, 6) is 0.0299. The SMILES string of the molecule is CCOc1ccc(C(=O)[C@H](C)OC(=O)/C=C/c2ccc(O)c(OC)c2)cc1. The molecule has 0 fully saturated rings. The van der Waals surface area contributed by atoms with Crippen molar-refractivity contribution >= 4 is 17.8 Å². The van der Waals surface area contributed by atoms with Crippen LogP contribution in [0, 0.1) is 0 Å². The van der Waals surface area contributed by atoms with Gasteiger partial charge in [0.1, 0.15) is 5.75 Å². The van der Waals surface area contributed by atoms with E-state index in [0.29, 0.717) is 29.2 Å². The quantitative estimate of drug-likeness (QED) is 0.434. The van der Waals surface area contributed by atoms with Crippen molar-refractivity contribution < 1.29 is 28.9 Å². The Balaban J connectivity index is 1.97. The Labute approximate surface area is 158 Å². The lowest BCUT2D eigenvalue weighted by molar-refractivity contribution is -0.140. The fraction of sp³-hybridized carbons (Fsp3) is 0.238. The summed E-state index contributed by atoms with van der Waals surface area (Å²) in [7, 11) is 1.44. The fourth-order valence-electron chi connectivity index (χ4n) is 2.35. The second-order valence-corrected chi connectivity index (χ2v) is 5.67. The molecule has 0 spiro atoms.